The van der Waals surface area contributed by atoms with Gasteiger partial charge in [0, 0.05) is 4.88 Å². The van der Waals surface area contributed by atoms with Gasteiger partial charge in [0.25, 0.3) is 6.08 Å². The Morgan fingerprint density at radius 3 is 2.60 bits per heavy atom. The van der Waals surface area contributed by atoms with Gasteiger partial charge in [-0.25, -0.2) is 0 Å². The summed E-state index contributed by atoms with van der Waals surface area (Å²) in [7, 11) is 0. The molecule has 0 N–H and O–H groups in total. The minimum Gasteiger partial charge on any atom is -0.172 e. The highest BCUT2D eigenvalue weighted by Gasteiger charge is 2.04. The van der Waals surface area contributed by atoms with Crippen LogP contribution in [0.3, 0.4) is 0 Å². The van der Waals surface area contributed by atoms with Crippen molar-refractivity contribution < 1.29 is 8.78 Å². The topological polar surface area (TPSA) is 0 Å². The monoisotopic (exact) mass is 224 g/mol. The largest absolute Gasteiger partial charge is 0.285 e. The molecule has 10 heavy (non-hydrogen) atoms. The van der Waals surface area contributed by atoms with E-state index in [-0.39, 0.29) is 4.48 Å². The molecule has 4 heteroatoms. The minimum absolute atomic E-state index is 0.109. The quantitative estimate of drug-likeness (QED) is 0.683. The predicted octanol–water partition coefficient (Wildman–Crippen LogP) is 3.71. The third kappa shape index (κ3) is 1.64. The summed E-state index contributed by atoms with van der Waals surface area (Å²) in [6.07, 6.45) is -1.68. The van der Waals surface area contributed by atoms with Crippen LogP contribution in [-0.2, 0) is 0 Å². The van der Waals surface area contributed by atoms with Crippen molar-refractivity contribution in [2.45, 2.75) is 0 Å². The van der Waals surface area contributed by atoms with Crippen LogP contribution >= 0.6 is 27.3 Å². The molecule has 1 aromatic heterocycles. The first-order valence-electron chi connectivity index (χ1n) is 2.46. The van der Waals surface area contributed by atoms with E-state index in [1.165, 1.54) is 11.3 Å². The second-order valence-electron chi connectivity index (χ2n) is 1.55. The molecule has 0 saturated heterocycles. The Balaban J connectivity index is 2.99. The Hall–Kier alpha value is -0.220. The highest BCUT2D eigenvalue weighted by molar-refractivity contribution is 9.15. The summed E-state index contributed by atoms with van der Waals surface area (Å²) in [6, 6.07) is 3.36. The summed E-state index contributed by atoms with van der Waals surface area (Å²) in [6.45, 7) is 0. The molecule has 0 amide bonds. The summed E-state index contributed by atoms with van der Waals surface area (Å²) in [4.78, 5) is 0.556. The molecule has 0 aliphatic rings. The van der Waals surface area contributed by atoms with Gasteiger partial charge in [0.2, 0.25) is 0 Å². The Kier molecular flexibility index (Phi) is 2.56. The fourth-order valence-electron chi connectivity index (χ4n) is 0.497. The van der Waals surface area contributed by atoms with Crippen LogP contribution in [-0.4, -0.2) is 0 Å². The molecule has 1 rings (SSSR count). The van der Waals surface area contributed by atoms with Gasteiger partial charge in [-0.05, 0) is 27.4 Å². The molecule has 0 aliphatic carbocycles. The van der Waals surface area contributed by atoms with Crippen LogP contribution in [0.2, 0.25) is 0 Å². The number of hydrogen-bond acceptors (Lipinski definition) is 1. The first-order chi connectivity index (χ1) is 4.72. The van der Waals surface area contributed by atoms with E-state index < -0.39 is 6.08 Å². The second-order valence-corrected chi connectivity index (χ2v) is 3.29. The van der Waals surface area contributed by atoms with Crippen molar-refractivity contribution in [1.29, 1.82) is 0 Å². The number of thiophene rings is 1. The molecule has 54 valence electrons. The number of halogens is 3. The van der Waals surface area contributed by atoms with Gasteiger partial charge in [-0.15, -0.1) is 11.3 Å². The molecule has 0 radical (unpaired) electrons. The Morgan fingerprint density at radius 2 is 2.20 bits per heavy atom. The lowest BCUT2D eigenvalue weighted by Crippen LogP contribution is -1.67. The van der Waals surface area contributed by atoms with Gasteiger partial charge in [-0.2, -0.15) is 8.78 Å². The van der Waals surface area contributed by atoms with Crippen molar-refractivity contribution in [3.63, 3.8) is 0 Å². The lowest BCUT2D eigenvalue weighted by Gasteiger charge is -1.88. The van der Waals surface area contributed by atoms with Gasteiger partial charge in [0.1, 0.15) is 0 Å². The van der Waals surface area contributed by atoms with Crippen LogP contribution in [0.25, 0.3) is 4.48 Å². The molecule has 0 nitrogen and oxygen atoms in total. The highest BCUT2D eigenvalue weighted by Crippen LogP contribution is 2.29. The standard InChI is InChI=1S/C6H3BrF2S/c7-5(6(8)9)4-2-1-3-10-4/h1-3H. The van der Waals surface area contributed by atoms with Gasteiger partial charge >= 0.3 is 0 Å². The van der Waals surface area contributed by atoms with Crippen LogP contribution < -0.4 is 0 Å². The van der Waals surface area contributed by atoms with Crippen LogP contribution in [0, 0.1) is 0 Å². The Bertz CT molecular complexity index is 236. The zero-order chi connectivity index (χ0) is 7.56. The molecule has 0 spiro atoms. The minimum atomic E-state index is -1.68. The maximum atomic E-state index is 11.8. The van der Waals surface area contributed by atoms with E-state index in [9.17, 15) is 8.78 Å². The fraction of sp³-hybridized carbons (Fsp3) is 0. The molecular weight excluding hydrogens is 222 g/mol. The zero-order valence-corrected chi connectivity index (χ0v) is 7.18. The summed E-state index contributed by atoms with van der Waals surface area (Å²) in [5.41, 5.74) is 0. The normalized spacial score (nSPS) is 9.50. The summed E-state index contributed by atoms with van der Waals surface area (Å²) in [5.74, 6) is 0. The van der Waals surface area contributed by atoms with E-state index in [0.717, 1.165) is 0 Å². The Morgan fingerprint density at radius 1 is 1.50 bits per heavy atom. The zero-order valence-electron chi connectivity index (χ0n) is 4.77. The van der Waals surface area contributed by atoms with E-state index in [1.807, 2.05) is 0 Å². The van der Waals surface area contributed by atoms with Crippen molar-refractivity contribution in [2.24, 2.45) is 0 Å². The van der Waals surface area contributed by atoms with Crippen molar-refractivity contribution in [1.82, 2.24) is 0 Å². The third-order valence-corrected chi connectivity index (χ3v) is 2.78. The van der Waals surface area contributed by atoms with E-state index >= 15 is 0 Å². The van der Waals surface area contributed by atoms with Crippen LogP contribution in [0.5, 0.6) is 0 Å². The SMILES string of the molecule is FC(F)=C(Br)c1cccs1. The van der Waals surface area contributed by atoms with Crippen molar-refractivity contribution in [3.8, 4) is 0 Å². The van der Waals surface area contributed by atoms with Gasteiger partial charge in [-0.3, -0.25) is 0 Å². The van der Waals surface area contributed by atoms with Crippen LogP contribution in [0.1, 0.15) is 4.88 Å². The molecular formula is C6H3BrF2S. The van der Waals surface area contributed by atoms with Crippen molar-refractivity contribution in [3.05, 3.63) is 28.5 Å². The van der Waals surface area contributed by atoms with E-state index in [2.05, 4.69) is 15.9 Å². The summed E-state index contributed by atoms with van der Waals surface area (Å²) in [5, 5.41) is 1.75. The molecule has 0 atom stereocenters. The maximum absolute atomic E-state index is 11.8. The van der Waals surface area contributed by atoms with Gasteiger partial charge in [0.15, 0.2) is 0 Å². The number of rotatable bonds is 1. The number of hydrogen-bond donors (Lipinski definition) is 0. The molecule has 0 saturated carbocycles. The van der Waals surface area contributed by atoms with E-state index in [1.54, 1.807) is 17.5 Å². The molecule has 0 bridgehead atoms. The molecule has 0 fully saturated rings. The lowest BCUT2D eigenvalue weighted by molar-refractivity contribution is 0.428. The average Bonchev–Trinajstić information content (AvgIpc) is 2.36. The first kappa shape index (κ1) is 7.88. The van der Waals surface area contributed by atoms with E-state index in [4.69, 9.17) is 0 Å². The van der Waals surface area contributed by atoms with Gasteiger partial charge in [0.05, 0.1) is 4.48 Å². The lowest BCUT2D eigenvalue weighted by atomic mass is 10.5. The van der Waals surface area contributed by atoms with Crippen LogP contribution in [0.4, 0.5) is 8.78 Å². The molecule has 0 aromatic carbocycles. The van der Waals surface area contributed by atoms with E-state index in [0.29, 0.717) is 4.88 Å². The van der Waals surface area contributed by atoms with Crippen molar-refractivity contribution in [2.75, 3.05) is 0 Å². The molecule has 1 heterocycles. The predicted molar refractivity (Wildman–Crippen MR) is 42.4 cm³/mol. The van der Waals surface area contributed by atoms with Gasteiger partial charge < -0.3 is 0 Å². The van der Waals surface area contributed by atoms with Crippen LogP contribution in [0.15, 0.2) is 23.6 Å². The van der Waals surface area contributed by atoms with Gasteiger partial charge in [-0.1, -0.05) is 6.07 Å². The fourth-order valence-corrected chi connectivity index (χ4v) is 1.55. The molecule has 0 unspecified atom stereocenters. The smallest absolute Gasteiger partial charge is 0.172 e. The molecule has 0 aliphatic heterocycles. The summed E-state index contributed by atoms with van der Waals surface area (Å²) >= 11 is 4.04. The first-order valence-corrected chi connectivity index (χ1v) is 4.13. The highest BCUT2D eigenvalue weighted by atomic mass is 79.9. The maximum Gasteiger partial charge on any atom is 0.285 e. The molecule has 1 aromatic rings. The summed E-state index contributed by atoms with van der Waals surface area (Å²) < 4.78 is 23.6. The van der Waals surface area contributed by atoms with Crippen molar-refractivity contribution >= 4 is 31.7 Å². The Labute approximate surface area is 69.3 Å². The second kappa shape index (κ2) is 3.25. The third-order valence-electron chi connectivity index (χ3n) is 0.903. The average molecular weight is 225 g/mol.